The predicted octanol–water partition coefficient (Wildman–Crippen LogP) is 3.20. The van der Waals surface area contributed by atoms with Gasteiger partial charge in [-0.25, -0.2) is 4.79 Å². The average Bonchev–Trinajstić information content (AvgIpc) is 2.49. The molecule has 0 unspecified atom stereocenters. The van der Waals surface area contributed by atoms with E-state index >= 15 is 0 Å². The molecule has 100 valence electrons. The van der Waals surface area contributed by atoms with Gasteiger partial charge in [0.2, 0.25) is 0 Å². The molecule has 0 aliphatic heterocycles. The number of hydrogen-bond donors (Lipinski definition) is 1. The van der Waals surface area contributed by atoms with Crippen molar-refractivity contribution in [2.75, 3.05) is 7.11 Å². The van der Waals surface area contributed by atoms with E-state index in [9.17, 15) is 9.90 Å². The van der Waals surface area contributed by atoms with Gasteiger partial charge in [-0.15, -0.1) is 0 Å². The van der Waals surface area contributed by atoms with Gasteiger partial charge in [0, 0.05) is 9.79 Å². The molecule has 0 fully saturated rings. The normalized spacial score (nSPS) is 9.80. The second-order valence-electron chi connectivity index (χ2n) is 3.91. The molecule has 5 heteroatoms. The lowest BCUT2D eigenvalue weighted by molar-refractivity contribution is 0.0600. The van der Waals surface area contributed by atoms with Gasteiger partial charge in [0.05, 0.1) is 18.2 Å². The van der Waals surface area contributed by atoms with Crippen LogP contribution in [0.1, 0.15) is 15.9 Å². The molecule has 0 heterocycles. The SMILES string of the molecule is COC(=O)c1ccc(Sc2ccc(O)cc2)c(C#N)c1. The van der Waals surface area contributed by atoms with Crippen LogP contribution in [0.4, 0.5) is 0 Å². The lowest BCUT2D eigenvalue weighted by Gasteiger charge is -2.06. The minimum absolute atomic E-state index is 0.191. The monoisotopic (exact) mass is 285 g/mol. The summed E-state index contributed by atoms with van der Waals surface area (Å²) >= 11 is 1.39. The van der Waals surface area contributed by atoms with Crippen LogP contribution in [0.25, 0.3) is 0 Å². The highest BCUT2D eigenvalue weighted by molar-refractivity contribution is 7.99. The van der Waals surface area contributed by atoms with Crippen molar-refractivity contribution in [2.45, 2.75) is 9.79 Å². The molecule has 2 aromatic carbocycles. The van der Waals surface area contributed by atoms with Crippen LogP contribution in [0.3, 0.4) is 0 Å². The Kier molecular flexibility index (Phi) is 4.28. The fourth-order valence-corrected chi connectivity index (χ4v) is 2.47. The van der Waals surface area contributed by atoms with Crippen molar-refractivity contribution >= 4 is 17.7 Å². The van der Waals surface area contributed by atoms with Crippen LogP contribution in [0.2, 0.25) is 0 Å². The van der Waals surface area contributed by atoms with Crippen molar-refractivity contribution in [3.8, 4) is 11.8 Å². The molecule has 4 nitrogen and oxygen atoms in total. The first-order valence-electron chi connectivity index (χ1n) is 5.73. The lowest BCUT2D eigenvalue weighted by Crippen LogP contribution is -2.01. The van der Waals surface area contributed by atoms with E-state index in [1.54, 1.807) is 36.4 Å². The van der Waals surface area contributed by atoms with E-state index in [-0.39, 0.29) is 5.75 Å². The van der Waals surface area contributed by atoms with E-state index in [2.05, 4.69) is 10.8 Å². The fourth-order valence-electron chi connectivity index (χ4n) is 1.59. The number of rotatable bonds is 3. The first-order valence-corrected chi connectivity index (χ1v) is 6.55. The van der Waals surface area contributed by atoms with Gasteiger partial charge < -0.3 is 9.84 Å². The molecule has 0 saturated carbocycles. The van der Waals surface area contributed by atoms with Gasteiger partial charge in [-0.1, -0.05) is 11.8 Å². The van der Waals surface area contributed by atoms with E-state index in [0.717, 1.165) is 9.79 Å². The van der Waals surface area contributed by atoms with Crippen LogP contribution in [0, 0.1) is 11.3 Å². The summed E-state index contributed by atoms with van der Waals surface area (Å²) in [5.41, 5.74) is 0.755. The van der Waals surface area contributed by atoms with E-state index in [1.807, 2.05) is 0 Å². The summed E-state index contributed by atoms with van der Waals surface area (Å²) in [5, 5.41) is 18.4. The summed E-state index contributed by atoms with van der Waals surface area (Å²) in [6.07, 6.45) is 0. The molecule has 0 aliphatic rings. The topological polar surface area (TPSA) is 70.3 Å². The zero-order chi connectivity index (χ0) is 14.5. The van der Waals surface area contributed by atoms with Crippen molar-refractivity contribution in [3.05, 3.63) is 53.6 Å². The van der Waals surface area contributed by atoms with Crippen LogP contribution >= 0.6 is 11.8 Å². The molecular weight excluding hydrogens is 274 g/mol. The first-order chi connectivity index (χ1) is 9.63. The van der Waals surface area contributed by atoms with Crippen molar-refractivity contribution in [3.63, 3.8) is 0 Å². The fraction of sp³-hybridized carbons (Fsp3) is 0.0667. The van der Waals surface area contributed by atoms with Gasteiger partial charge in [-0.2, -0.15) is 5.26 Å². The highest BCUT2D eigenvalue weighted by Crippen LogP contribution is 2.31. The van der Waals surface area contributed by atoms with E-state index < -0.39 is 5.97 Å². The summed E-state index contributed by atoms with van der Waals surface area (Å²) in [6, 6.07) is 13.6. The number of esters is 1. The van der Waals surface area contributed by atoms with E-state index in [0.29, 0.717) is 11.1 Å². The Balaban J connectivity index is 2.30. The summed E-state index contributed by atoms with van der Waals surface area (Å²) in [5.74, 6) is -0.279. The van der Waals surface area contributed by atoms with Gasteiger partial charge in [-0.05, 0) is 42.5 Å². The summed E-state index contributed by atoms with van der Waals surface area (Å²) in [4.78, 5) is 13.1. The number of ether oxygens (including phenoxy) is 1. The van der Waals surface area contributed by atoms with Crippen LogP contribution < -0.4 is 0 Å². The van der Waals surface area contributed by atoms with E-state index in [1.165, 1.54) is 24.9 Å². The Bertz CT molecular complexity index is 675. The van der Waals surface area contributed by atoms with Crippen LogP contribution in [-0.4, -0.2) is 18.2 Å². The molecular formula is C15H11NO3S. The standard InChI is InChI=1S/C15H11NO3S/c1-19-15(18)10-2-7-14(11(8-10)9-16)20-13-5-3-12(17)4-6-13/h2-8,17H,1H3. The highest BCUT2D eigenvalue weighted by Gasteiger charge is 2.10. The van der Waals surface area contributed by atoms with Crippen molar-refractivity contribution < 1.29 is 14.6 Å². The number of phenols is 1. The number of carbonyl (C=O) groups excluding carboxylic acids is 1. The van der Waals surface area contributed by atoms with Gasteiger partial charge >= 0.3 is 5.97 Å². The molecule has 2 aromatic rings. The molecule has 0 saturated heterocycles. The minimum Gasteiger partial charge on any atom is -0.508 e. The smallest absolute Gasteiger partial charge is 0.337 e. The first kappa shape index (κ1) is 14.0. The Morgan fingerprint density at radius 1 is 1.25 bits per heavy atom. The lowest BCUT2D eigenvalue weighted by atomic mass is 10.1. The molecule has 20 heavy (non-hydrogen) atoms. The zero-order valence-corrected chi connectivity index (χ0v) is 11.5. The van der Waals surface area contributed by atoms with Crippen molar-refractivity contribution in [1.29, 1.82) is 5.26 Å². The van der Waals surface area contributed by atoms with Crippen LogP contribution in [0.15, 0.2) is 52.3 Å². The average molecular weight is 285 g/mol. The number of nitrogens with zero attached hydrogens (tertiary/aromatic N) is 1. The molecule has 0 bridgehead atoms. The molecule has 1 N–H and O–H groups in total. The molecule has 0 aromatic heterocycles. The Labute approximate surface area is 120 Å². The third kappa shape index (κ3) is 3.11. The maximum Gasteiger partial charge on any atom is 0.337 e. The number of carbonyl (C=O) groups is 1. The predicted molar refractivity (Wildman–Crippen MR) is 74.7 cm³/mol. The molecule has 0 atom stereocenters. The molecule has 0 radical (unpaired) electrons. The maximum absolute atomic E-state index is 11.4. The molecule has 2 rings (SSSR count). The quantitative estimate of drug-likeness (QED) is 0.877. The Morgan fingerprint density at radius 2 is 1.95 bits per heavy atom. The molecule has 0 aliphatic carbocycles. The third-order valence-corrected chi connectivity index (χ3v) is 3.67. The number of phenolic OH excluding ortho intramolecular Hbond substituents is 1. The van der Waals surface area contributed by atoms with Gasteiger partial charge in [-0.3, -0.25) is 0 Å². The largest absolute Gasteiger partial charge is 0.508 e. The van der Waals surface area contributed by atoms with Gasteiger partial charge in [0.25, 0.3) is 0 Å². The number of methoxy groups -OCH3 is 1. The Morgan fingerprint density at radius 3 is 2.55 bits per heavy atom. The number of hydrogen-bond acceptors (Lipinski definition) is 5. The number of nitriles is 1. The highest BCUT2D eigenvalue weighted by atomic mass is 32.2. The van der Waals surface area contributed by atoms with Crippen molar-refractivity contribution in [2.24, 2.45) is 0 Å². The van der Waals surface area contributed by atoms with Gasteiger partial charge in [0.15, 0.2) is 0 Å². The second-order valence-corrected chi connectivity index (χ2v) is 5.03. The number of aromatic hydroxyl groups is 1. The Hall–Kier alpha value is -2.45. The zero-order valence-electron chi connectivity index (χ0n) is 10.7. The summed E-state index contributed by atoms with van der Waals surface area (Å²) in [6.45, 7) is 0. The van der Waals surface area contributed by atoms with E-state index in [4.69, 9.17) is 5.26 Å². The summed E-state index contributed by atoms with van der Waals surface area (Å²) in [7, 11) is 1.30. The molecule has 0 spiro atoms. The molecule has 0 amide bonds. The minimum atomic E-state index is -0.470. The number of benzene rings is 2. The van der Waals surface area contributed by atoms with Crippen molar-refractivity contribution in [1.82, 2.24) is 0 Å². The van der Waals surface area contributed by atoms with Gasteiger partial charge in [0.1, 0.15) is 11.8 Å². The second kappa shape index (κ2) is 6.13. The van der Waals surface area contributed by atoms with Crippen LogP contribution in [-0.2, 0) is 4.74 Å². The third-order valence-electron chi connectivity index (χ3n) is 2.59. The summed E-state index contributed by atoms with van der Waals surface area (Å²) < 4.78 is 4.62. The maximum atomic E-state index is 11.4. The van der Waals surface area contributed by atoms with Crippen LogP contribution in [0.5, 0.6) is 5.75 Å².